The van der Waals surface area contributed by atoms with Crippen molar-refractivity contribution < 1.29 is 13.9 Å². The van der Waals surface area contributed by atoms with E-state index in [-0.39, 0.29) is 16.8 Å². The van der Waals surface area contributed by atoms with E-state index in [1.165, 1.54) is 4.68 Å². The van der Waals surface area contributed by atoms with Gasteiger partial charge in [-0.25, -0.2) is 4.39 Å². The van der Waals surface area contributed by atoms with Gasteiger partial charge in [0.25, 0.3) is 5.56 Å². The topological polar surface area (TPSA) is 64.4 Å². The molecule has 2 heterocycles. The molecule has 0 spiro atoms. The van der Waals surface area contributed by atoms with Crippen LogP contribution in [-0.4, -0.2) is 48.5 Å². The molecule has 0 atom stereocenters. The van der Waals surface area contributed by atoms with Crippen LogP contribution in [0.2, 0.25) is 0 Å². The van der Waals surface area contributed by atoms with Crippen molar-refractivity contribution in [3.8, 4) is 16.9 Å². The Balaban J connectivity index is 1.78. The fraction of sp³-hybridized carbons (Fsp3) is 0.192. The third-order valence-electron chi connectivity index (χ3n) is 5.86. The number of hydrogen-bond acceptors (Lipinski definition) is 5. The van der Waals surface area contributed by atoms with Crippen molar-refractivity contribution in [2.24, 2.45) is 0 Å². The molecule has 1 aromatic heterocycles. The SMILES string of the molecule is O=C(CF)c1ccc(N2CCOCC2)cc1-n1nc(-c2ccccc2)c2ccccc2c1=O. The Bertz CT molecular complexity index is 1380. The Morgan fingerprint density at radius 2 is 1.64 bits per heavy atom. The second kappa shape index (κ2) is 8.96. The van der Waals surface area contributed by atoms with Gasteiger partial charge in [0.05, 0.1) is 30.0 Å². The predicted molar refractivity (Wildman–Crippen MR) is 126 cm³/mol. The summed E-state index contributed by atoms with van der Waals surface area (Å²) in [5.74, 6) is -0.693. The van der Waals surface area contributed by atoms with Gasteiger partial charge in [-0.15, -0.1) is 0 Å². The van der Waals surface area contributed by atoms with Gasteiger partial charge in [-0.05, 0) is 24.3 Å². The summed E-state index contributed by atoms with van der Waals surface area (Å²) in [5, 5.41) is 5.88. The van der Waals surface area contributed by atoms with E-state index in [2.05, 4.69) is 4.90 Å². The average molecular weight is 443 g/mol. The number of ketones is 1. The third-order valence-corrected chi connectivity index (χ3v) is 5.86. The highest BCUT2D eigenvalue weighted by molar-refractivity contribution is 6.01. The number of carbonyl (C=O) groups is 1. The summed E-state index contributed by atoms with van der Waals surface area (Å²) in [4.78, 5) is 28.1. The zero-order valence-corrected chi connectivity index (χ0v) is 17.9. The third kappa shape index (κ3) is 3.91. The lowest BCUT2D eigenvalue weighted by atomic mass is 10.0. The first kappa shape index (κ1) is 21.0. The number of aromatic nitrogens is 2. The van der Waals surface area contributed by atoms with Crippen LogP contribution in [0.5, 0.6) is 0 Å². The van der Waals surface area contributed by atoms with Gasteiger partial charge in [0, 0.05) is 35.3 Å². The monoisotopic (exact) mass is 443 g/mol. The second-order valence-electron chi connectivity index (χ2n) is 7.83. The lowest BCUT2D eigenvalue weighted by Gasteiger charge is -2.29. The number of nitrogens with zero attached hydrogens (tertiary/aromatic N) is 3. The molecular formula is C26H22FN3O3. The van der Waals surface area contributed by atoms with Crippen molar-refractivity contribution in [1.29, 1.82) is 0 Å². The highest BCUT2D eigenvalue weighted by atomic mass is 19.1. The van der Waals surface area contributed by atoms with Gasteiger partial charge in [-0.1, -0.05) is 48.5 Å². The standard InChI is InChI=1S/C26H22FN3O3/c27-17-24(31)22-11-10-19(29-12-14-33-15-13-29)16-23(22)30-26(32)21-9-5-4-8-20(21)25(28-30)18-6-2-1-3-7-18/h1-11,16H,12-15,17H2. The summed E-state index contributed by atoms with van der Waals surface area (Å²) >= 11 is 0. The van der Waals surface area contributed by atoms with Crippen LogP contribution in [0, 0.1) is 0 Å². The van der Waals surface area contributed by atoms with Crippen LogP contribution in [0.15, 0.2) is 77.6 Å². The molecule has 4 aromatic rings. The summed E-state index contributed by atoms with van der Waals surface area (Å²) in [5.41, 5.74) is 2.31. The number of benzene rings is 3. The molecule has 1 saturated heterocycles. The number of alkyl halides is 1. The number of morpholine rings is 1. The molecule has 7 heteroatoms. The van der Waals surface area contributed by atoms with Crippen LogP contribution in [0.4, 0.5) is 10.1 Å². The first-order valence-electron chi connectivity index (χ1n) is 10.8. The molecule has 0 aliphatic carbocycles. The molecule has 6 nitrogen and oxygen atoms in total. The quantitative estimate of drug-likeness (QED) is 0.436. The maximum absolute atomic E-state index is 13.5. The van der Waals surface area contributed by atoms with Crippen LogP contribution in [0.25, 0.3) is 27.7 Å². The minimum Gasteiger partial charge on any atom is -0.378 e. The predicted octanol–water partition coefficient (Wildman–Crippen LogP) is 4.04. The fourth-order valence-corrected chi connectivity index (χ4v) is 4.18. The summed E-state index contributed by atoms with van der Waals surface area (Å²) in [6.45, 7) is 1.40. The van der Waals surface area contributed by atoms with E-state index in [0.29, 0.717) is 42.8 Å². The van der Waals surface area contributed by atoms with Crippen molar-refractivity contribution in [2.75, 3.05) is 37.9 Å². The smallest absolute Gasteiger partial charge is 0.279 e. The van der Waals surface area contributed by atoms with Gasteiger partial charge in [0.1, 0.15) is 0 Å². The van der Waals surface area contributed by atoms with E-state index in [1.807, 2.05) is 42.5 Å². The Morgan fingerprint density at radius 1 is 0.939 bits per heavy atom. The van der Waals surface area contributed by atoms with Crippen LogP contribution < -0.4 is 10.5 Å². The fourth-order valence-electron chi connectivity index (χ4n) is 4.18. The highest BCUT2D eigenvalue weighted by Crippen LogP contribution is 2.28. The number of Topliss-reactive ketones (excluding diaryl/α,β-unsaturated/α-hetero) is 1. The van der Waals surface area contributed by atoms with E-state index < -0.39 is 12.5 Å². The number of carbonyl (C=O) groups excluding carboxylic acids is 1. The van der Waals surface area contributed by atoms with Gasteiger partial charge in [0.2, 0.25) is 0 Å². The highest BCUT2D eigenvalue weighted by Gasteiger charge is 2.21. The van der Waals surface area contributed by atoms with Crippen molar-refractivity contribution in [1.82, 2.24) is 9.78 Å². The lowest BCUT2D eigenvalue weighted by Crippen LogP contribution is -2.36. The van der Waals surface area contributed by atoms with Crippen LogP contribution in [0.3, 0.4) is 0 Å². The zero-order valence-electron chi connectivity index (χ0n) is 17.9. The molecule has 166 valence electrons. The van der Waals surface area contributed by atoms with Crippen LogP contribution in [-0.2, 0) is 4.74 Å². The molecule has 0 radical (unpaired) electrons. The van der Waals surface area contributed by atoms with Crippen molar-refractivity contribution in [2.45, 2.75) is 0 Å². The van der Waals surface area contributed by atoms with Gasteiger partial charge in [-0.2, -0.15) is 9.78 Å². The number of fused-ring (bicyclic) bond motifs is 1. The zero-order chi connectivity index (χ0) is 22.8. The first-order chi connectivity index (χ1) is 16.2. The number of rotatable bonds is 5. The average Bonchev–Trinajstić information content (AvgIpc) is 2.89. The van der Waals surface area contributed by atoms with Gasteiger partial charge in [0.15, 0.2) is 12.5 Å². The molecule has 1 fully saturated rings. The van der Waals surface area contributed by atoms with Crippen molar-refractivity contribution in [3.63, 3.8) is 0 Å². The van der Waals surface area contributed by atoms with Crippen molar-refractivity contribution >= 4 is 22.2 Å². The Labute approximate surface area is 189 Å². The summed E-state index contributed by atoms with van der Waals surface area (Å²) < 4.78 is 20.1. The molecule has 1 aliphatic rings. The molecule has 1 aliphatic heterocycles. The molecule has 3 aromatic carbocycles. The van der Waals surface area contributed by atoms with Crippen molar-refractivity contribution in [3.05, 3.63) is 88.7 Å². The number of ether oxygens (including phenoxy) is 1. The molecule has 0 saturated carbocycles. The summed E-state index contributed by atoms with van der Waals surface area (Å²) in [6, 6.07) is 21.9. The minimum atomic E-state index is -1.15. The molecule has 0 unspecified atom stereocenters. The van der Waals surface area contributed by atoms with Crippen LogP contribution >= 0.6 is 0 Å². The number of hydrogen-bond donors (Lipinski definition) is 0. The summed E-state index contributed by atoms with van der Waals surface area (Å²) in [7, 11) is 0. The molecule has 5 rings (SSSR count). The minimum absolute atomic E-state index is 0.124. The largest absolute Gasteiger partial charge is 0.378 e. The lowest BCUT2D eigenvalue weighted by molar-refractivity contribution is 0.0958. The van der Waals surface area contributed by atoms with E-state index in [4.69, 9.17) is 9.84 Å². The number of anilines is 1. The second-order valence-corrected chi connectivity index (χ2v) is 7.83. The molecule has 0 N–H and O–H groups in total. The Hall–Kier alpha value is -3.84. The maximum atomic E-state index is 13.5. The van der Waals surface area contributed by atoms with Gasteiger partial charge in [-0.3, -0.25) is 9.59 Å². The Morgan fingerprint density at radius 3 is 2.36 bits per heavy atom. The maximum Gasteiger partial charge on any atom is 0.279 e. The number of halogens is 1. The van der Waals surface area contributed by atoms with Gasteiger partial charge >= 0.3 is 0 Å². The molecule has 0 bridgehead atoms. The van der Waals surface area contributed by atoms with Crippen LogP contribution in [0.1, 0.15) is 10.4 Å². The van der Waals surface area contributed by atoms with Gasteiger partial charge < -0.3 is 9.64 Å². The molecule has 33 heavy (non-hydrogen) atoms. The van der Waals surface area contributed by atoms with E-state index in [9.17, 15) is 14.0 Å². The van der Waals surface area contributed by atoms with E-state index >= 15 is 0 Å². The van der Waals surface area contributed by atoms with E-state index in [0.717, 1.165) is 11.3 Å². The Kier molecular flexibility index (Phi) is 5.71. The van der Waals surface area contributed by atoms with E-state index in [1.54, 1.807) is 30.3 Å². The molecule has 0 amide bonds. The normalized spacial score (nSPS) is 13.9. The molecular weight excluding hydrogens is 421 g/mol. The first-order valence-corrected chi connectivity index (χ1v) is 10.8. The summed E-state index contributed by atoms with van der Waals surface area (Å²) in [6.07, 6.45) is 0.